The molecule has 0 fully saturated rings. The number of carboxylic acids is 1. The van der Waals surface area contributed by atoms with Gasteiger partial charge in [-0.25, -0.2) is 13.6 Å². The highest BCUT2D eigenvalue weighted by Gasteiger charge is 2.20. The molecule has 0 radical (unpaired) electrons. The number of anilines is 2. The van der Waals surface area contributed by atoms with Crippen LogP contribution in [0, 0.1) is 18.6 Å². The largest absolute Gasteiger partial charge is 0.478 e. The number of aromatic nitrogens is 1. The molecule has 33 heavy (non-hydrogen) atoms. The molecule has 0 saturated heterocycles. The first-order valence-electron chi connectivity index (χ1n) is 9.77. The minimum atomic E-state index is -1.21. The second kappa shape index (κ2) is 11.4. The van der Waals surface area contributed by atoms with Gasteiger partial charge in [-0.05, 0) is 43.3 Å². The number of hydrogen-bond donors (Lipinski definition) is 6. The molecule has 3 aromatic rings. The van der Waals surface area contributed by atoms with Crippen LogP contribution in [0.3, 0.4) is 0 Å². The molecule has 8 nitrogen and oxygen atoms in total. The van der Waals surface area contributed by atoms with Crippen molar-refractivity contribution in [3.63, 3.8) is 0 Å². The van der Waals surface area contributed by atoms with Crippen molar-refractivity contribution < 1.29 is 34.0 Å². The minimum Gasteiger partial charge on any atom is -0.478 e. The topological polar surface area (TPSA) is 149 Å². The molecule has 1 heterocycles. The van der Waals surface area contributed by atoms with Crippen LogP contribution in [-0.4, -0.2) is 56.7 Å². The van der Waals surface area contributed by atoms with E-state index in [1.54, 1.807) is 31.2 Å². The van der Waals surface area contributed by atoms with Gasteiger partial charge in [0.2, 0.25) is 0 Å². The third-order valence-electron chi connectivity index (χ3n) is 4.62. The Hall–Kier alpha value is -3.44. The minimum absolute atomic E-state index is 0.0631. The first-order valence-corrected chi connectivity index (χ1v) is 9.77. The van der Waals surface area contributed by atoms with Gasteiger partial charge < -0.3 is 31.5 Å². The molecule has 176 valence electrons. The Kier molecular flexibility index (Phi) is 8.94. The van der Waals surface area contributed by atoms with Gasteiger partial charge in [-0.1, -0.05) is 17.7 Å². The fourth-order valence-electron chi connectivity index (χ4n) is 2.58. The lowest BCUT2D eigenvalue weighted by atomic mass is 10.1. The number of nitrogens with one attached hydrogen (secondary N) is 1. The Labute approximate surface area is 189 Å². The number of benzene rings is 2. The van der Waals surface area contributed by atoms with Gasteiger partial charge in [0.15, 0.2) is 11.6 Å². The maximum atomic E-state index is 13.8. The molecule has 1 aromatic heterocycles. The predicted molar refractivity (Wildman–Crippen MR) is 119 cm³/mol. The SMILES string of the molecule is Cc1ccc(Nc2ccc(-c3cccc(F)c3F)nc2)c(C(=O)O)c1.NC(CO)(CO)CO. The highest BCUT2D eigenvalue weighted by atomic mass is 19.2. The standard InChI is InChI=1S/C19H14F2N2O2.C4H11NO3/c1-11-5-7-17(14(9-11)19(24)25)23-12-6-8-16(22-10-12)13-3-2-4-15(20)18(13)21;5-4(1-6,2-7)3-8/h2-10,23H,1H3,(H,24,25);6-8H,1-3,5H2. The number of carboxylic acid groups (broad SMARTS) is 1. The smallest absolute Gasteiger partial charge is 0.337 e. The molecular formula is C23H25F2N3O5. The maximum Gasteiger partial charge on any atom is 0.337 e. The highest BCUT2D eigenvalue weighted by Crippen LogP contribution is 2.26. The fraction of sp³-hybridized carbons (Fsp3) is 0.217. The summed E-state index contributed by atoms with van der Waals surface area (Å²) in [6, 6.07) is 12.1. The van der Waals surface area contributed by atoms with Crippen LogP contribution in [0.25, 0.3) is 11.3 Å². The number of nitrogens with zero attached hydrogens (tertiary/aromatic N) is 1. The summed E-state index contributed by atoms with van der Waals surface area (Å²) in [7, 11) is 0. The Morgan fingerprint density at radius 3 is 2.24 bits per heavy atom. The van der Waals surface area contributed by atoms with Crippen LogP contribution in [0.15, 0.2) is 54.7 Å². The molecule has 3 rings (SSSR count). The number of aromatic carboxylic acids is 1. The van der Waals surface area contributed by atoms with Crippen molar-refractivity contribution in [2.75, 3.05) is 25.1 Å². The van der Waals surface area contributed by atoms with Gasteiger partial charge in [0, 0.05) is 5.56 Å². The Morgan fingerprint density at radius 2 is 1.73 bits per heavy atom. The maximum absolute atomic E-state index is 13.8. The van der Waals surface area contributed by atoms with E-state index in [9.17, 15) is 18.7 Å². The fourth-order valence-corrected chi connectivity index (χ4v) is 2.58. The molecule has 0 aliphatic carbocycles. The van der Waals surface area contributed by atoms with E-state index in [1.165, 1.54) is 24.4 Å². The number of rotatable bonds is 7. The van der Waals surface area contributed by atoms with E-state index in [1.807, 2.05) is 0 Å². The molecule has 0 bridgehead atoms. The summed E-state index contributed by atoms with van der Waals surface area (Å²) < 4.78 is 27.1. The van der Waals surface area contributed by atoms with Gasteiger partial charge in [0.25, 0.3) is 0 Å². The van der Waals surface area contributed by atoms with Crippen molar-refractivity contribution in [2.45, 2.75) is 12.5 Å². The molecule has 0 aliphatic rings. The van der Waals surface area contributed by atoms with Crippen LogP contribution >= 0.6 is 0 Å². The second-order valence-electron chi connectivity index (χ2n) is 7.35. The number of aliphatic hydroxyl groups excluding tert-OH is 3. The Bertz CT molecular complexity index is 1080. The number of halogens is 2. The van der Waals surface area contributed by atoms with Crippen molar-refractivity contribution in [1.29, 1.82) is 0 Å². The van der Waals surface area contributed by atoms with Crippen molar-refractivity contribution in [2.24, 2.45) is 5.73 Å². The molecule has 10 heteroatoms. The average Bonchev–Trinajstić information content (AvgIpc) is 2.82. The number of hydrogen-bond acceptors (Lipinski definition) is 7. The van der Waals surface area contributed by atoms with Crippen LogP contribution in [-0.2, 0) is 0 Å². The van der Waals surface area contributed by atoms with E-state index < -0.39 is 43.0 Å². The summed E-state index contributed by atoms with van der Waals surface area (Å²) in [4.78, 5) is 15.5. The van der Waals surface area contributed by atoms with Crippen LogP contribution < -0.4 is 11.1 Å². The van der Waals surface area contributed by atoms with Gasteiger partial charge in [-0.2, -0.15) is 0 Å². The zero-order valence-electron chi connectivity index (χ0n) is 17.8. The van der Waals surface area contributed by atoms with E-state index in [0.717, 1.165) is 11.6 Å². The summed E-state index contributed by atoms with van der Waals surface area (Å²) >= 11 is 0. The predicted octanol–water partition coefficient (Wildman–Crippen LogP) is 2.44. The molecule has 0 atom stereocenters. The molecule has 0 amide bonds. The van der Waals surface area contributed by atoms with Crippen LogP contribution in [0.2, 0.25) is 0 Å². The zero-order chi connectivity index (χ0) is 24.6. The molecule has 7 N–H and O–H groups in total. The normalized spacial score (nSPS) is 10.9. The van der Waals surface area contributed by atoms with Gasteiger partial charge >= 0.3 is 5.97 Å². The molecule has 0 spiro atoms. The van der Waals surface area contributed by atoms with Crippen molar-refractivity contribution in [3.05, 3.63) is 77.5 Å². The first-order chi connectivity index (χ1) is 15.6. The molecule has 2 aromatic carbocycles. The van der Waals surface area contributed by atoms with Gasteiger partial charge in [-0.15, -0.1) is 0 Å². The highest BCUT2D eigenvalue weighted by molar-refractivity contribution is 5.95. The van der Waals surface area contributed by atoms with Crippen LogP contribution in [0.5, 0.6) is 0 Å². The lowest BCUT2D eigenvalue weighted by Gasteiger charge is -2.20. The number of aliphatic hydroxyl groups is 3. The van der Waals surface area contributed by atoms with Crippen molar-refractivity contribution in [1.82, 2.24) is 4.98 Å². The van der Waals surface area contributed by atoms with Crippen LogP contribution in [0.4, 0.5) is 20.2 Å². The summed E-state index contributed by atoms with van der Waals surface area (Å²) in [5.74, 6) is -2.94. The summed E-state index contributed by atoms with van der Waals surface area (Å²) in [5, 5.41) is 37.3. The molecule has 0 saturated carbocycles. The first kappa shape index (κ1) is 25.8. The Balaban J connectivity index is 0.000000414. The number of pyridine rings is 1. The monoisotopic (exact) mass is 461 g/mol. The second-order valence-corrected chi connectivity index (χ2v) is 7.35. The van der Waals surface area contributed by atoms with Crippen molar-refractivity contribution >= 4 is 17.3 Å². The van der Waals surface area contributed by atoms with E-state index in [4.69, 9.17) is 21.1 Å². The number of nitrogens with two attached hydrogens (primary N) is 1. The van der Waals surface area contributed by atoms with Gasteiger partial charge in [-0.3, -0.25) is 4.98 Å². The molecular weight excluding hydrogens is 436 g/mol. The Morgan fingerprint density at radius 1 is 1.06 bits per heavy atom. The van der Waals surface area contributed by atoms with Crippen LogP contribution in [0.1, 0.15) is 15.9 Å². The third-order valence-corrected chi connectivity index (χ3v) is 4.62. The van der Waals surface area contributed by atoms with Crippen molar-refractivity contribution in [3.8, 4) is 11.3 Å². The van der Waals surface area contributed by atoms with E-state index in [2.05, 4.69) is 10.3 Å². The third kappa shape index (κ3) is 6.77. The lowest BCUT2D eigenvalue weighted by Crippen LogP contribution is -2.50. The summed E-state index contributed by atoms with van der Waals surface area (Å²) in [6.07, 6.45) is 1.44. The van der Waals surface area contributed by atoms with E-state index in [-0.39, 0.29) is 16.8 Å². The van der Waals surface area contributed by atoms with Gasteiger partial charge in [0.05, 0.1) is 54.2 Å². The van der Waals surface area contributed by atoms with E-state index in [0.29, 0.717) is 11.4 Å². The lowest BCUT2D eigenvalue weighted by molar-refractivity contribution is 0.0692. The summed E-state index contributed by atoms with van der Waals surface area (Å²) in [6.45, 7) is 0.597. The quantitative estimate of drug-likeness (QED) is 0.314. The zero-order valence-corrected chi connectivity index (χ0v) is 17.8. The molecule has 0 unspecified atom stereocenters. The number of aryl methyl sites for hydroxylation is 1. The van der Waals surface area contributed by atoms with E-state index >= 15 is 0 Å². The average molecular weight is 461 g/mol. The molecule has 0 aliphatic heterocycles. The van der Waals surface area contributed by atoms with Gasteiger partial charge in [0.1, 0.15) is 0 Å². The summed E-state index contributed by atoms with van der Waals surface area (Å²) in [5.41, 5.74) is 6.21. The number of carbonyl (C=O) groups is 1.